The van der Waals surface area contributed by atoms with Gasteiger partial charge in [0.2, 0.25) is 0 Å². The van der Waals surface area contributed by atoms with Gasteiger partial charge in [0.1, 0.15) is 5.58 Å². The lowest BCUT2D eigenvalue weighted by Gasteiger charge is -2.40. The molecule has 0 saturated heterocycles. The molecule has 3 aliphatic rings. The summed E-state index contributed by atoms with van der Waals surface area (Å²) in [4.78, 5) is 2.35. The zero-order valence-corrected chi connectivity index (χ0v) is 29.7. The first-order valence-corrected chi connectivity index (χ1v) is 18.8. The molecule has 0 atom stereocenters. The van der Waals surface area contributed by atoms with Crippen LogP contribution in [0.5, 0.6) is 0 Å². The quantitative estimate of drug-likeness (QED) is 0.185. The van der Waals surface area contributed by atoms with Gasteiger partial charge in [0, 0.05) is 27.7 Å². The standard InChI is InChI=1S/C51H35NO/c1-30-14-22-34(23-15-30)52(35-24-16-31(2)17-25-35)45-13-7-10-38-39-27-29-44-48(50(39)53-49(38)45)40-26-20-32-18-19-33-21-28-43(47(40)46(32)33)51(44)41-11-5-3-8-36(41)37-9-4-6-12-42(37)51/h3-17,20-29H,18-19H2,1-2H3. The predicted octanol–water partition coefficient (Wildman–Crippen LogP) is 13.3. The van der Waals surface area contributed by atoms with Gasteiger partial charge in [-0.25, -0.2) is 0 Å². The molecule has 0 saturated carbocycles. The van der Waals surface area contributed by atoms with Crippen molar-refractivity contribution in [2.75, 3.05) is 4.90 Å². The average molecular weight is 678 g/mol. The number of nitrogens with zero attached hydrogens (tertiary/aromatic N) is 1. The van der Waals surface area contributed by atoms with Crippen molar-refractivity contribution < 1.29 is 4.42 Å². The highest BCUT2D eigenvalue weighted by atomic mass is 16.3. The molecule has 0 aliphatic heterocycles. The van der Waals surface area contributed by atoms with Gasteiger partial charge < -0.3 is 9.32 Å². The monoisotopic (exact) mass is 677 g/mol. The van der Waals surface area contributed by atoms with Crippen molar-refractivity contribution in [2.45, 2.75) is 32.1 Å². The Kier molecular flexibility index (Phi) is 5.71. The number of rotatable bonds is 3. The molecule has 0 amide bonds. The lowest BCUT2D eigenvalue weighted by atomic mass is 9.61. The third kappa shape index (κ3) is 3.68. The third-order valence-electron chi connectivity index (χ3n) is 12.5. The molecule has 9 aromatic rings. The molecule has 0 unspecified atom stereocenters. The Morgan fingerprint density at radius 1 is 0.453 bits per heavy atom. The van der Waals surface area contributed by atoms with Crippen LogP contribution in [0.3, 0.4) is 0 Å². The van der Waals surface area contributed by atoms with Gasteiger partial charge in [0.05, 0.1) is 11.1 Å². The van der Waals surface area contributed by atoms with Gasteiger partial charge in [0.15, 0.2) is 5.58 Å². The summed E-state index contributed by atoms with van der Waals surface area (Å²) in [5.74, 6) is 0. The Bertz CT molecular complexity index is 2920. The fraction of sp³-hybridized carbons (Fsp3) is 0.0980. The zero-order valence-electron chi connectivity index (χ0n) is 29.7. The Hall–Kier alpha value is -6.38. The van der Waals surface area contributed by atoms with Crippen molar-refractivity contribution in [3.8, 4) is 22.3 Å². The van der Waals surface area contributed by atoms with Crippen LogP contribution in [0, 0.1) is 13.8 Å². The van der Waals surface area contributed by atoms with E-state index in [0.717, 1.165) is 51.8 Å². The predicted molar refractivity (Wildman–Crippen MR) is 219 cm³/mol. The van der Waals surface area contributed by atoms with Crippen molar-refractivity contribution in [2.24, 2.45) is 0 Å². The average Bonchev–Trinajstić information content (AvgIpc) is 3.89. The molecule has 0 bridgehead atoms. The number of furan rings is 1. The summed E-state index contributed by atoms with van der Waals surface area (Å²) in [7, 11) is 0. The Labute approximate surface area is 308 Å². The molecule has 0 fully saturated rings. The summed E-state index contributed by atoms with van der Waals surface area (Å²) >= 11 is 0. The minimum absolute atomic E-state index is 0.471. The molecule has 0 radical (unpaired) electrons. The topological polar surface area (TPSA) is 16.4 Å². The van der Waals surface area contributed by atoms with Gasteiger partial charge >= 0.3 is 0 Å². The number of para-hydroxylation sites is 1. The van der Waals surface area contributed by atoms with Gasteiger partial charge in [-0.3, -0.25) is 0 Å². The van der Waals surface area contributed by atoms with Crippen LogP contribution in [0.4, 0.5) is 17.1 Å². The molecule has 53 heavy (non-hydrogen) atoms. The third-order valence-corrected chi connectivity index (χ3v) is 12.5. The van der Waals surface area contributed by atoms with Gasteiger partial charge in [-0.05, 0) is 118 Å². The Morgan fingerprint density at radius 2 is 1.04 bits per heavy atom. The molecule has 8 aromatic carbocycles. The van der Waals surface area contributed by atoms with Gasteiger partial charge in [-0.1, -0.05) is 132 Å². The molecule has 0 N–H and O–H groups in total. The largest absolute Gasteiger partial charge is 0.453 e. The molecule has 1 aromatic heterocycles. The van der Waals surface area contributed by atoms with Crippen molar-refractivity contribution in [1.82, 2.24) is 0 Å². The fourth-order valence-corrected chi connectivity index (χ4v) is 10.2. The minimum Gasteiger partial charge on any atom is -0.453 e. The molecular weight excluding hydrogens is 643 g/mol. The molecular formula is C51H35NO. The van der Waals surface area contributed by atoms with E-state index in [1.807, 2.05) is 0 Å². The Morgan fingerprint density at radius 3 is 1.70 bits per heavy atom. The van der Waals surface area contributed by atoms with Crippen LogP contribution >= 0.6 is 0 Å². The number of hydrogen-bond donors (Lipinski definition) is 0. The second-order valence-electron chi connectivity index (χ2n) is 15.3. The van der Waals surface area contributed by atoms with Crippen molar-refractivity contribution in [3.05, 3.63) is 196 Å². The fourth-order valence-electron chi connectivity index (χ4n) is 10.2. The Balaban J connectivity index is 1.23. The van der Waals surface area contributed by atoms with Crippen molar-refractivity contribution in [1.29, 1.82) is 0 Å². The second-order valence-corrected chi connectivity index (χ2v) is 15.3. The summed E-state index contributed by atoms with van der Waals surface area (Å²) < 4.78 is 7.41. The van der Waals surface area contributed by atoms with E-state index in [2.05, 4.69) is 170 Å². The summed E-state index contributed by atoms with van der Waals surface area (Å²) in [5, 5.41) is 5.12. The van der Waals surface area contributed by atoms with Crippen LogP contribution in [-0.4, -0.2) is 0 Å². The highest BCUT2D eigenvalue weighted by Crippen LogP contribution is 2.63. The van der Waals surface area contributed by atoms with Crippen molar-refractivity contribution >= 4 is 49.8 Å². The molecule has 2 heteroatoms. The maximum Gasteiger partial charge on any atom is 0.159 e. The lowest BCUT2D eigenvalue weighted by Crippen LogP contribution is -2.32. The van der Waals surface area contributed by atoms with Crippen LogP contribution < -0.4 is 4.90 Å². The van der Waals surface area contributed by atoms with Crippen molar-refractivity contribution in [3.63, 3.8) is 0 Å². The van der Waals surface area contributed by atoms with Crippen LogP contribution in [0.25, 0.3) is 55.0 Å². The van der Waals surface area contributed by atoms with Gasteiger partial charge in [-0.15, -0.1) is 0 Å². The van der Waals surface area contributed by atoms with Crippen LogP contribution in [0.1, 0.15) is 44.5 Å². The number of hydrogen-bond acceptors (Lipinski definition) is 2. The van der Waals surface area contributed by atoms with E-state index >= 15 is 0 Å². The van der Waals surface area contributed by atoms with Crippen LogP contribution in [0.15, 0.2) is 156 Å². The normalized spacial score (nSPS) is 14.2. The number of anilines is 3. The minimum atomic E-state index is -0.471. The van der Waals surface area contributed by atoms with E-state index in [4.69, 9.17) is 4.42 Å². The number of fused-ring (bicyclic) bond motifs is 13. The lowest BCUT2D eigenvalue weighted by molar-refractivity contribution is 0.667. The molecule has 12 rings (SSSR count). The van der Waals surface area contributed by atoms with Crippen LogP contribution in [0.2, 0.25) is 0 Å². The van der Waals surface area contributed by atoms with Crippen LogP contribution in [-0.2, 0) is 18.3 Å². The highest BCUT2D eigenvalue weighted by Gasteiger charge is 2.51. The van der Waals surface area contributed by atoms with E-state index in [9.17, 15) is 0 Å². The second kappa shape index (κ2) is 10.4. The number of aryl methyl sites for hydroxylation is 4. The molecule has 1 spiro atoms. The summed E-state index contributed by atoms with van der Waals surface area (Å²) in [6.45, 7) is 4.28. The zero-order chi connectivity index (χ0) is 35.0. The SMILES string of the molecule is Cc1ccc(N(c2ccc(C)cc2)c2cccc3c2oc2c4c(ccc23)C2(c3ccccc3-c3ccccc32)c2ccc3c5c(ccc-4c25)CC3)cc1. The van der Waals surface area contributed by atoms with Gasteiger partial charge in [0.25, 0.3) is 0 Å². The van der Waals surface area contributed by atoms with E-state index in [-0.39, 0.29) is 0 Å². The van der Waals surface area contributed by atoms with Gasteiger partial charge in [-0.2, -0.15) is 0 Å². The van der Waals surface area contributed by atoms with E-state index in [1.165, 1.54) is 77.5 Å². The first-order chi connectivity index (χ1) is 26.1. The molecule has 250 valence electrons. The maximum atomic E-state index is 7.41. The maximum absolute atomic E-state index is 7.41. The molecule has 3 aliphatic carbocycles. The molecule has 2 nitrogen and oxygen atoms in total. The van der Waals surface area contributed by atoms with E-state index in [0.29, 0.717) is 0 Å². The number of benzene rings is 8. The van der Waals surface area contributed by atoms with E-state index < -0.39 is 5.41 Å². The first kappa shape index (κ1) is 29.2. The summed E-state index contributed by atoms with van der Waals surface area (Å²) in [6.07, 6.45) is 2.18. The summed E-state index contributed by atoms with van der Waals surface area (Å²) in [5.41, 5.74) is 20.6. The van der Waals surface area contributed by atoms with E-state index in [1.54, 1.807) is 0 Å². The smallest absolute Gasteiger partial charge is 0.159 e. The summed E-state index contributed by atoms with van der Waals surface area (Å²) in [6, 6.07) is 56.9. The highest BCUT2D eigenvalue weighted by molar-refractivity contribution is 6.19. The molecule has 1 heterocycles. The first-order valence-electron chi connectivity index (χ1n) is 18.8.